The van der Waals surface area contributed by atoms with E-state index >= 15 is 0 Å². The van der Waals surface area contributed by atoms with Crippen molar-refractivity contribution < 1.29 is 9.26 Å². The fourth-order valence-corrected chi connectivity index (χ4v) is 4.57. The summed E-state index contributed by atoms with van der Waals surface area (Å²) >= 11 is 3.50. The van der Waals surface area contributed by atoms with Crippen LogP contribution < -0.4 is 0 Å². The van der Waals surface area contributed by atoms with Gasteiger partial charge < -0.3 is 9.26 Å². The second-order valence-electron chi connectivity index (χ2n) is 7.78. The molecule has 146 valence electrons. The first-order chi connectivity index (χ1) is 13.2. The summed E-state index contributed by atoms with van der Waals surface area (Å²) in [5.41, 5.74) is 1.18. The van der Waals surface area contributed by atoms with Gasteiger partial charge in [0.1, 0.15) is 0 Å². The Kier molecular flexibility index (Phi) is 6.58. The van der Waals surface area contributed by atoms with Gasteiger partial charge in [0.15, 0.2) is 5.82 Å². The highest BCUT2D eigenvalue weighted by Gasteiger charge is 2.25. The highest BCUT2D eigenvalue weighted by Crippen LogP contribution is 2.25. The van der Waals surface area contributed by atoms with Crippen LogP contribution in [0.2, 0.25) is 0 Å². The van der Waals surface area contributed by atoms with Gasteiger partial charge in [0.25, 0.3) is 0 Å². The molecule has 27 heavy (non-hydrogen) atoms. The smallest absolute Gasteiger partial charge is 0.240 e. The summed E-state index contributed by atoms with van der Waals surface area (Å²) in [6.45, 7) is 2.82. The summed E-state index contributed by atoms with van der Waals surface area (Å²) in [7, 11) is 0. The number of piperidine rings is 1. The Labute approximate surface area is 169 Å². The minimum Gasteiger partial charge on any atom is -0.375 e. The first-order valence-electron chi connectivity index (χ1n) is 10.2. The van der Waals surface area contributed by atoms with Crippen molar-refractivity contribution in [3.05, 3.63) is 46.0 Å². The van der Waals surface area contributed by atoms with Crippen molar-refractivity contribution in [1.29, 1.82) is 0 Å². The zero-order valence-electron chi connectivity index (χ0n) is 15.8. The summed E-state index contributed by atoms with van der Waals surface area (Å²) < 4.78 is 12.9. The molecule has 2 aromatic rings. The standard InChI is InChI=1S/C21H28BrN3O2/c22-17-6-4-5-16(13-17)14-20-23-21(27-24-20)15-25-11-9-19(10-12-25)26-18-7-2-1-3-8-18/h4-6,13,18-19H,1-3,7-12,14-15H2. The van der Waals surface area contributed by atoms with Crippen molar-refractivity contribution in [2.24, 2.45) is 0 Å². The molecule has 0 radical (unpaired) electrons. The Bertz CT molecular complexity index is 722. The van der Waals surface area contributed by atoms with Crippen LogP contribution in [0.5, 0.6) is 0 Å². The monoisotopic (exact) mass is 433 g/mol. The van der Waals surface area contributed by atoms with Gasteiger partial charge in [-0.2, -0.15) is 4.98 Å². The molecule has 0 bridgehead atoms. The summed E-state index contributed by atoms with van der Waals surface area (Å²) in [6, 6.07) is 8.22. The largest absolute Gasteiger partial charge is 0.375 e. The highest BCUT2D eigenvalue weighted by molar-refractivity contribution is 9.10. The Morgan fingerprint density at radius 2 is 1.85 bits per heavy atom. The summed E-state index contributed by atoms with van der Waals surface area (Å²) in [5, 5.41) is 4.15. The van der Waals surface area contributed by atoms with E-state index in [4.69, 9.17) is 9.26 Å². The number of hydrogen-bond acceptors (Lipinski definition) is 5. The second-order valence-corrected chi connectivity index (χ2v) is 8.70. The van der Waals surface area contributed by atoms with E-state index in [0.717, 1.165) is 42.8 Å². The lowest BCUT2D eigenvalue weighted by atomic mass is 9.97. The number of benzene rings is 1. The van der Waals surface area contributed by atoms with Gasteiger partial charge in [-0.3, -0.25) is 4.90 Å². The van der Waals surface area contributed by atoms with Gasteiger partial charge in [-0.25, -0.2) is 0 Å². The van der Waals surface area contributed by atoms with Crippen molar-refractivity contribution in [1.82, 2.24) is 15.0 Å². The molecule has 0 atom stereocenters. The van der Waals surface area contributed by atoms with Gasteiger partial charge in [0, 0.05) is 24.0 Å². The Morgan fingerprint density at radius 1 is 1.07 bits per heavy atom. The fraction of sp³-hybridized carbons (Fsp3) is 0.619. The van der Waals surface area contributed by atoms with Crippen LogP contribution in [0.1, 0.15) is 62.2 Å². The minimum atomic E-state index is 0.430. The number of nitrogens with zero attached hydrogens (tertiary/aromatic N) is 3. The summed E-state index contributed by atoms with van der Waals surface area (Å²) in [4.78, 5) is 6.98. The van der Waals surface area contributed by atoms with Gasteiger partial charge >= 0.3 is 0 Å². The third kappa shape index (κ3) is 5.62. The van der Waals surface area contributed by atoms with Crippen molar-refractivity contribution in [3.63, 3.8) is 0 Å². The minimum absolute atomic E-state index is 0.430. The van der Waals surface area contributed by atoms with Crippen LogP contribution in [0.3, 0.4) is 0 Å². The van der Waals surface area contributed by atoms with Crippen molar-refractivity contribution in [3.8, 4) is 0 Å². The van der Waals surface area contributed by atoms with Crippen LogP contribution in [0.4, 0.5) is 0 Å². The number of likely N-dealkylation sites (tertiary alicyclic amines) is 1. The average Bonchev–Trinajstić information content (AvgIpc) is 3.11. The maximum Gasteiger partial charge on any atom is 0.240 e. The predicted octanol–water partition coefficient (Wildman–Crippen LogP) is 4.74. The predicted molar refractivity (Wildman–Crippen MR) is 108 cm³/mol. The van der Waals surface area contributed by atoms with Gasteiger partial charge in [-0.1, -0.05) is 52.5 Å². The second kappa shape index (κ2) is 9.30. The van der Waals surface area contributed by atoms with Crippen LogP contribution >= 0.6 is 15.9 Å². The number of halogens is 1. The van der Waals surface area contributed by atoms with Crippen molar-refractivity contribution >= 4 is 15.9 Å². The van der Waals surface area contributed by atoms with E-state index in [1.807, 2.05) is 12.1 Å². The first kappa shape index (κ1) is 19.1. The van der Waals surface area contributed by atoms with E-state index < -0.39 is 0 Å². The molecule has 1 aliphatic carbocycles. The quantitative estimate of drug-likeness (QED) is 0.658. The Hall–Kier alpha value is -1.24. The Balaban J connectivity index is 1.23. The van der Waals surface area contributed by atoms with E-state index in [1.54, 1.807) is 0 Å². The third-order valence-corrected chi connectivity index (χ3v) is 6.09. The lowest BCUT2D eigenvalue weighted by molar-refractivity contribution is -0.0573. The normalized spacial score (nSPS) is 20.2. The van der Waals surface area contributed by atoms with Crippen LogP contribution in [-0.2, 0) is 17.7 Å². The molecule has 0 N–H and O–H groups in total. The molecule has 0 amide bonds. The van der Waals surface area contributed by atoms with Crippen LogP contribution in [0.15, 0.2) is 33.3 Å². The van der Waals surface area contributed by atoms with Gasteiger partial charge in [0.2, 0.25) is 5.89 Å². The summed E-state index contributed by atoms with van der Waals surface area (Å²) in [6.07, 6.45) is 10.4. The molecule has 2 aliphatic rings. The molecule has 0 unspecified atom stereocenters. The highest BCUT2D eigenvalue weighted by atomic mass is 79.9. The molecule has 5 nitrogen and oxygen atoms in total. The first-order valence-corrected chi connectivity index (χ1v) is 11.0. The van der Waals surface area contributed by atoms with E-state index in [0.29, 0.717) is 24.5 Å². The number of aromatic nitrogens is 2. The molecular formula is C21H28BrN3O2. The number of hydrogen-bond donors (Lipinski definition) is 0. The molecule has 2 fully saturated rings. The van der Waals surface area contributed by atoms with E-state index in [9.17, 15) is 0 Å². The topological polar surface area (TPSA) is 51.4 Å². The maximum absolute atomic E-state index is 6.33. The summed E-state index contributed by atoms with van der Waals surface area (Å²) in [5.74, 6) is 1.46. The van der Waals surface area contributed by atoms with Crippen LogP contribution in [-0.4, -0.2) is 40.3 Å². The third-order valence-electron chi connectivity index (χ3n) is 5.59. The molecule has 4 rings (SSSR count). The molecule has 1 saturated carbocycles. The molecule has 1 aromatic carbocycles. The molecule has 1 aromatic heterocycles. The van der Waals surface area contributed by atoms with Crippen molar-refractivity contribution in [2.75, 3.05) is 13.1 Å². The van der Waals surface area contributed by atoms with Crippen molar-refractivity contribution in [2.45, 2.75) is 70.1 Å². The SMILES string of the molecule is Brc1cccc(Cc2noc(CN3CCC(OC4CCCCC4)CC3)n2)c1. The molecule has 1 aliphatic heterocycles. The van der Waals surface area contributed by atoms with E-state index in [2.05, 4.69) is 43.1 Å². The molecule has 0 spiro atoms. The van der Waals surface area contributed by atoms with Gasteiger partial charge in [-0.05, 0) is 43.4 Å². The number of ether oxygens (including phenoxy) is 1. The zero-order valence-corrected chi connectivity index (χ0v) is 17.4. The molecular weight excluding hydrogens is 406 g/mol. The zero-order chi connectivity index (χ0) is 18.5. The van der Waals surface area contributed by atoms with E-state index in [-0.39, 0.29) is 0 Å². The molecule has 6 heteroatoms. The lowest BCUT2D eigenvalue weighted by Crippen LogP contribution is -2.38. The van der Waals surface area contributed by atoms with Gasteiger partial charge in [0.05, 0.1) is 18.8 Å². The van der Waals surface area contributed by atoms with Crippen LogP contribution in [0, 0.1) is 0 Å². The lowest BCUT2D eigenvalue weighted by Gasteiger charge is -2.34. The average molecular weight is 434 g/mol. The maximum atomic E-state index is 6.33. The van der Waals surface area contributed by atoms with Crippen LogP contribution in [0.25, 0.3) is 0 Å². The Morgan fingerprint density at radius 3 is 2.63 bits per heavy atom. The molecule has 2 heterocycles. The number of rotatable bonds is 6. The molecule has 1 saturated heterocycles. The van der Waals surface area contributed by atoms with E-state index in [1.165, 1.54) is 37.7 Å². The van der Waals surface area contributed by atoms with Gasteiger partial charge in [-0.15, -0.1) is 0 Å². The fourth-order valence-electron chi connectivity index (χ4n) is 4.12.